The van der Waals surface area contributed by atoms with Crippen molar-refractivity contribution in [2.75, 3.05) is 27.4 Å². The van der Waals surface area contributed by atoms with E-state index in [1.54, 1.807) is 25.3 Å². The SMILES string of the molecule is COCCN=C1NC(=O)/C(=C/c2ccc(Oc3ccc(C#N)cc3C(F)(F)F)c(OC)c2)S1. The zero-order valence-electron chi connectivity index (χ0n) is 17.5. The molecule has 1 heterocycles. The molecule has 0 spiro atoms. The molecule has 2 aromatic carbocycles. The molecule has 33 heavy (non-hydrogen) atoms. The molecule has 1 fully saturated rings. The molecule has 1 saturated heterocycles. The van der Waals surface area contributed by atoms with Gasteiger partial charge >= 0.3 is 6.18 Å². The first kappa shape index (κ1) is 24.2. The molecule has 2 aromatic rings. The summed E-state index contributed by atoms with van der Waals surface area (Å²) < 4.78 is 55.9. The molecule has 1 aliphatic rings. The fourth-order valence-electron chi connectivity index (χ4n) is 2.78. The number of nitrogens with one attached hydrogen (secondary N) is 1. The van der Waals surface area contributed by atoms with Crippen LogP contribution in [0.4, 0.5) is 13.2 Å². The zero-order valence-corrected chi connectivity index (χ0v) is 18.3. The van der Waals surface area contributed by atoms with E-state index in [9.17, 15) is 18.0 Å². The van der Waals surface area contributed by atoms with Gasteiger partial charge in [-0.1, -0.05) is 6.07 Å². The van der Waals surface area contributed by atoms with Gasteiger partial charge in [0.25, 0.3) is 5.91 Å². The number of benzene rings is 2. The third-order valence-corrected chi connectivity index (χ3v) is 5.27. The lowest BCUT2D eigenvalue weighted by Gasteiger charge is -2.16. The summed E-state index contributed by atoms with van der Waals surface area (Å²) in [5, 5.41) is 12.0. The van der Waals surface area contributed by atoms with Gasteiger partial charge in [0.1, 0.15) is 5.75 Å². The van der Waals surface area contributed by atoms with Crippen LogP contribution in [0, 0.1) is 11.3 Å². The number of aliphatic imine (C=N–C) groups is 1. The summed E-state index contributed by atoms with van der Waals surface area (Å²) in [6.45, 7) is 0.828. The maximum Gasteiger partial charge on any atom is 0.420 e. The second kappa shape index (κ2) is 10.4. The summed E-state index contributed by atoms with van der Waals surface area (Å²) in [6, 6.07) is 9.27. The monoisotopic (exact) mass is 477 g/mol. The van der Waals surface area contributed by atoms with Crippen molar-refractivity contribution in [3.63, 3.8) is 0 Å². The van der Waals surface area contributed by atoms with E-state index in [2.05, 4.69) is 10.3 Å². The molecule has 3 rings (SSSR count). The molecule has 11 heteroatoms. The van der Waals surface area contributed by atoms with Gasteiger partial charge in [-0.2, -0.15) is 18.4 Å². The number of amides is 1. The number of carbonyl (C=O) groups is 1. The van der Waals surface area contributed by atoms with Crippen molar-refractivity contribution in [3.05, 3.63) is 58.0 Å². The molecule has 0 saturated carbocycles. The number of alkyl halides is 3. The fraction of sp³-hybridized carbons (Fsp3) is 0.227. The van der Waals surface area contributed by atoms with Crippen molar-refractivity contribution < 1.29 is 32.2 Å². The number of methoxy groups -OCH3 is 2. The number of ether oxygens (including phenoxy) is 3. The number of rotatable bonds is 7. The van der Waals surface area contributed by atoms with E-state index in [0.717, 1.165) is 23.9 Å². The first-order chi connectivity index (χ1) is 15.7. The molecule has 0 aliphatic carbocycles. The van der Waals surface area contributed by atoms with Crippen LogP contribution >= 0.6 is 11.8 Å². The summed E-state index contributed by atoms with van der Waals surface area (Å²) >= 11 is 1.16. The predicted molar refractivity (Wildman–Crippen MR) is 117 cm³/mol. The summed E-state index contributed by atoms with van der Waals surface area (Å²) in [5.41, 5.74) is -0.638. The Labute approximate surface area is 191 Å². The molecule has 1 amide bonds. The lowest BCUT2D eigenvalue weighted by molar-refractivity contribution is -0.138. The van der Waals surface area contributed by atoms with Crippen molar-refractivity contribution >= 4 is 28.9 Å². The molecule has 0 unspecified atom stereocenters. The van der Waals surface area contributed by atoms with Gasteiger partial charge in [-0.05, 0) is 53.7 Å². The number of amidine groups is 1. The van der Waals surface area contributed by atoms with E-state index in [1.165, 1.54) is 25.3 Å². The minimum absolute atomic E-state index is 0.0419. The quantitative estimate of drug-likeness (QED) is 0.463. The normalized spacial score (nSPS) is 16.1. The molecule has 0 radical (unpaired) electrons. The van der Waals surface area contributed by atoms with Crippen molar-refractivity contribution in [2.24, 2.45) is 4.99 Å². The average Bonchev–Trinajstić information content (AvgIpc) is 3.13. The average molecular weight is 477 g/mol. The second-order valence-corrected chi connectivity index (χ2v) is 7.61. The number of hydrogen-bond donors (Lipinski definition) is 1. The second-order valence-electron chi connectivity index (χ2n) is 6.58. The number of thioether (sulfide) groups is 1. The maximum absolute atomic E-state index is 13.4. The summed E-state index contributed by atoms with van der Waals surface area (Å²) in [7, 11) is 2.90. The topological polar surface area (TPSA) is 92.9 Å². The third-order valence-electron chi connectivity index (χ3n) is 4.32. The summed E-state index contributed by atoms with van der Waals surface area (Å²) in [4.78, 5) is 16.8. The van der Waals surface area contributed by atoms with Gasteiger partial charge in [0.15, 0.2) is 16.7 Å². The van der Waals surface area contributed by atoms with Crippen LogP contribution in [0.1, 0.15) is 16.7 Å². The Morgan fingerprint density at radius 2 is 1.91 bits per heavy atom. The highest BCUT2D eigenvalue weighted by Crippen LogP contribution is 2.41. The fourth-order valence-corrected chi connectivity index (χ4v) is 3.62. The molecule has 1 aliphatic heterocycles. The van der Waals surface area contributed by atoms with Gasteiger partial charge in [-0.15, -0.1) is 0 Å². The van der Waals surface area contributed by atoms with Crippen molar-refractivity contribution in [3.8, 4) is 23.3 Å². The van der Waals surface area contributed by atoms with E-state index < -0.39 is 17.5 Å². The van der Waals surface area contributed by atoms with Gasteiger partial charge in [0.05, 0.1) is 42.4 Å². The highest BCUT2D eigenvalue weighted by atomic mass is 32.2. The van der Waals surface area contributed by atoms with Gasteiger partial charge in [0.2, 0.25) is 0 Å². The van der Waals surface area contributed by atoms with Crippen LogP contribution in [0.5, 0.6) is 17.2 Å². The smallest absolute Gasteiger partial charge is 0.420 e. The van der Waals surface area contributed by atoms with E-state index in [4.69, 9.17) is 19.5 Å². The Kier molecular flexibility index (Phi) is 7.63. The third kappa shape index (κ3) is 6.06. The highest BCUT2D eigenvalue weighted by Gasteiger charge is 2.35. The van der Waals surface area contributed by atoms with Crippen LogP contribution in [0.15, 0.2) is 46.3 Å². The van der Waals surface area contributed by atoms with Crippen molar-refractivity contribution in [1.82, 2.24) is 5.32 Å². The number of nitrogens with zero attached hydrogens (tertiary/aromatic N) is 2. The van der Waals surface area contributed by atoms with Gasteiger partial charge in [-0.25, -0.2) is 0 Å². The van der Waals surface area contributed by atoms with E-state index in [1.807, 2.05) is 0 Å². The molecule has 0 bridgehead atoms. The Hall–Kier alpha value is -3.49. The molecule has 7 nitrogen and oxygen atoms in total. The number of hydrogen-bond acceptors (Lipinski definition) is 7. The molecular formula is C22H18F3N3O4S. The van der Waals surface area contributed by atoms with E-state index in [-0.39, 0.29) is 23.0 Å². The zero-order chi connectivity index (χ0) is 24.0. The summed E-state index contributed by atoms with van der Waals surface area (Å²) in [5.74, 6) is -0.573. The molecular weight excluding hydrogens is 459 g/mol. The maximum atomic E-state index is 13.4. The van der Waals surface area contributed by atoms with Gasteiger partial charge in [0, 0.05) is 7.11 Å². The van der Waals surface area contributed by atoms with E-state index in [0.29, 0.717) is 28.8 Å². The van der Waals surface area contributed by atoms with Crippen LogP contribution in [0.2, 0.25) is 0 Å². The Morgan fingerprint density at radius 1 is 1.15 bits per heavy atom. The van der Waals surface area contributed by atoms with Crippen molar-refractivity contribution in [2.45, 2.75) is 6.18 Å². The van der Waals surface area contributed by atoms with Crippen LogP contribution in [-0.4, -0.2) is 38.4 Å². The van der Waals surface area contributed by atoms with Crippen LogP contribution < -0.4 is 14.8 Å². The first-order valence-corrected chi connectivity index (χ1v) is 10.3. The van der Waals surface area contributed by atoms with Gasteiger partial charge in [-0.3, -0.25) is 9.79 Å². The lowest BCUT2D eigenvalue weighted by Crippen LogP contribution is -2.20. The Bertz CT molecular complexity index is 1160. The molecule has 0 aromatic heterocycles. The minimum atomic E-state index is -4.71. The Morgan fingerprint density at radius 3 is 2.58 bits per heavy atom. The summed E-state index contributed by atoms with van der Waals surface area (Å²) in [6.07, 6.45) is -3.11. The number of carbonyl (C=O) groups excluding carboxylic acids is 1. The number of nitriles is 1. The minimum Gasteiger partial charge on any atom is -0.493 e. The van der Waals surface area contributed by atoms with Crippen molar-refractivity contribution in [1.29, 1.82) is 5.26 Å². The van der Waals surface area contributed by atoms with Crippen LogP contribution in [-0.2, 0) is 15.7 Å². The standard InChI is InChI=1S/C22H18F3N3O4S/c1-30-8-7-27-21-28-20(29)19(33-21)11-13-3-6-17(18(10-13)31-2)32-16-5-4-14(12-26)9-15(16)22(23,24)25/h3-6,9-11H,7-8H2,1-2H3,(H,27,28,29)/b19-11-. The Balaban J connectivity index is 1.86. The molecule has 1 N–H and O–H groups in total. The largest absolute Gasteiger partial charge is 0.493 e. The van der Waals surface area contributed by atoms with Crippen LogP contribution in [0.3, 0.4) is 0 Å². The lowest BCUT2D eigenvalue weighted by atomic mass is 10.1. The molecule has 172 valence electrons. The molecule has 0 atom stereocenters. The van der Waals surface area contributed by atoms with Gasteiger partial charge < -0.3 is 19.5 Å². The van der Waals surface area contributed by atoms with E-state index >= 15 is 0 Å². The highest BCUT2D eigenvalue weighted by molar-refractivity contribution is 8.18. The predicted octanol–water partition coefficient (Wildman–Crippen LogP) is 4.58. The number of halogens is 3. The first-order valence-electron chi connectivity index (χ1n) is 9.46. The van der Waals surface area contributed by atoms with Crippen LogP contribution in [0.25, 0.3) is 6.08 Å².